The minimum Gasteiger partial charge on any atom is -0.308 e. The predicted molar refractivity (Wildman–Crippen MR) is 92.8 cm³/mol. The van der Waals surface area contributed by atoms with Crippen LogP contribution in [0.3, 0.4) is 0 Å². The van der Waals surface area contributed by atoms with Crippen molar-refractivity contribution in [3.8, 4) is 0 Å². The molecule has 136 valence electrons. The molecule has 0 spiro atoms. The molecule has 1 saturated carbocycles. The highest BCUT2D eigenvalue weighted by atomic mass is 32.3. The summed E-state index contributed by atoms with van der Waals surface area (Å²) in [5.74, 6) is 0.824. The number of hydrogen-bond acceptors (Lipinski definition) is 6. The Kier molecular flexibility index (Phi) is 4.82. The van der Waals surface area contributed by atoms with Crippen molar-refractivity contribution in [3.05, 3.63) is 11.6 Å². The third kappa shape index (κ3) is 3.68. The first-order valence-electron chi connectivity index (χ1n) is 7.99. The summed E-state index contributed by atoms with van der Waals surface area (Å²) in [6.45, 7) is 5.47. The summed E-state index contributed by atoms with van der Waals surface area (Å²) >= 11 is 0.751. The Balaban J connectivity index is 2.01. The van der Waals surface area contributed by atoms with Crippen LogP contribution in [0.25, 0.3) is 0 Å². The molecule has 0 saturated heterocycles. The van der Waals surface area contributed by atoms with Gasteiger partial charge in [0.15, 0.2) is 0 Å². The lowest BCUT2D eigenvalue weighted by atomic mass is 10.1. The van der Waals surface area contributed by atoms with Crippen molar-refractivity contribution in [2.45, 2.75) is 41.1 Å². The normalized spacial score (nSPS) is 24.2. The second kappa shape index (κ2) is 6.33. The van der Waals surface area contributed by atoms with Gasteiger partial charge in [0.25, 0.3) is 10.0 Å². The molecule has 1 aliphatic heterocycles. The first-order valence-corrected chi connectivity index (χ1v) is 11.8. The third-order valence-electron chi connectivity index (χ3n) is 4.24. The van der Waals surface area contributed by atoms with Gasteiger partial charge in [-0.15, -0.1) is 11.3 Å². The molecular weight excluding hydrogens is 370 g/mol. The molecular formula is C14H23N3O4S3. The summed E-state index contributed by atoms with van der Waals surface area (Å²) in [5, 5.41) is 8.61. The molecule has 10 heteroatoms. The molecule has 7 nitrogen and oxygen atoms in total. The molecule has 1 fully saturated rings. The zero-order chi connectivity index (χ0) is 17.7. The van der Waals surface area contributed by atoms with Crippen molar-refractivity contribution in [2.24, 2.45) is 17.0 Å². The summed E-state index contributed by atoms with van der Waals surface area (Å²) in [6.07, 6.45) is 2.37. The van der Waals surface area contributed by atoms with Crippen molar-refractivity contribution in [1.82, 2.24) is 9.62 Å². The van der Waals surface area contributed by atoms with E-state index in [1.165, 1.54) is 23.2 Å². The van der Waals surface area contributed by atoms with Gasteiger partial charge in [0.05, 0.1) is 0 Å². The first-order chi connectivity index (χ1) is 11.1. The van der Waals surface area contributed by atoms with Crippen molar-refractivity contribution < 1.29 is 16.8 Å². The molecule has 1 aromatic rings. The quantitative estimate of drug-likeness (QED) is 0.752. The smallest absolute Gasteiger partial charge is 0.253 e. The number of nitrogens with one attached hydrogen (secondary N) is 1. The fourth-order valence-corrected chi connectivity index (χ4v) is 7.28. The summed E-state index contributed by atoms with van der Waals surface area (Å²) < 4.78 is 50.5. The Hall–Kier alpha value is -0.520. The molecule has 2 aliphatic rings. The molecule has 0 radical (unpaired) electrons. The molecule has 3 N–H and O–H groups in total. The van der Waals surface area contributed by atoms with Gasteiger partial charge in [-0.1, -0.05) is 13.8 Å². The van der Waals surface area contributed by atoms with E-state index in [9.17, 15) is 16.8 Å². The highest BCUT2D eigenvalue weighted by Gasteiger charge is 2.40. The van der Waals surface area contributed by atoms with Gasteiger partial charge in [0.2, 0.25) is 10.0 Å². The monoisotopic (exact) mass is 393 g/mol. The topological polar surface area (TPSA) is 110 Å². The second-order valence-electron chi connectivity index (χ2n) is 6.97. The number of fused-ring (bicyclic) bond motifs is 1. The van der Waals surface area contributed by atoms with Crippen LogP contribution in [-0.4, -0.2) is 40.8 Å². The molecule has 1 atom stereocenters. The van der Waals surface area contributed by atoms with Crippen LogP contribution in [0.5, 0.6) is 0 Å². The van der Waals surface area contributed by atoms with Gasteiger partial charge >= 0.3 is 0 Å². The van der Waals surface area contributed by atoms with Crippen LogP contribution in [0.4, 0.5) is 0 Å². The molecule has 2 heterocycles. The zero-order valence-corrected chi connectivity index (χ0v) is 16.2. The number of rotatable bonds is 6. The highest BCUT2D eigenvalue weighted by Crippen LogP contribution is 2.40. The van der Waals surface area contributed by atoms with E-state index in [1.54, 1.807) is 0 Å². The molecule has 0 aromatic carbocycles. The van der Waals surface area contributed by atoms with Gasteiger partial charge in [-0.2, -0.15) is 4.31 Å². The average Bonchev–Trinajstić information content (AvgIpc) is 3.14. The fourth-order valence-electron chi connectivity index (χ4n) is 2.85. The van der Waals surface area contributed by atoms with Gasteiger partial charge in [0.1, 0.15) is 8.42 Å². The predicted octanol–water partition coefficient (Wildman–Crippen LogP) is 1.10. The summed E-state index contributed by atoms with van der Waals surface area (Å²) in [6, 6.07) is 1.22. The maximum absolute atomic E-state index is 12.8. The van der Waals surface area contributed by atoms with Crippen LogP contribution in [0, 0.1) is 11.8 Å². The Morgan fingerprint density at radius 3 is 2.62 bits per heavy atom. The second-order valence-corrected chi connectivity index (χ2v) is 11.9. The molecule has 1 aliphatic carbocycles. The van der Waals surface area contributed by atoms with Crippen LogP contribution < -0.4 is 10.5 Å². The Bertz CT molecular complexity index is 825. The number of nitrogens with two attached hydrogens (primary N) is 1. The van der Waals surface area contributed by atoms with E-state index in [1.807, 2.05) is 13.8 Å². The minimum atomic E-state index is -3.92. The molecule has 0 amide bonds. The lowest BCUT2D eigenvalue weighted by Crippen LogP contribution is -2.45. The fraction of sp³-hybridized carbons (Fsp3) is 0.714. The van der Waals surface area contributed by atoms with E-state index >= 15 is 0 Å². The molecule has 0 bridgehead atoms. The van der Waals surface area contributed by atoms with Crippen molar-refractivity contribution in [3.63, 3.8) is 0 Å². The van der Waals surface area contributed by atoms with E-state index in [4.69, 9.17) is 5.14 Å². The van der Waals surface area contributed by atoms with Crippen LogP contribution >= 0.6 is 11.3 Å². The van der Waals surface area contributed by atoms with Gasteiger partial charge in [-0.25, -0.2) is 22.0 Å². The summed E-state index contributed by atoms with van der Waals surface area (Å²) in [5.41, 5.74) is 0.532. The number of thiophene rings is 1. The van der Waals surface area contributed by atoms with E-state index in [0.717, 1.165) is 17.9 Å². The number of hydrogen-bond donors (Lipinski definition) is 2. The average molecular weight is 394 g/mol. The van der Waals surface area contributed by atoms with Gasteiger partial charge in [-0.3, -0.25) is 0 Å². The van der Waals surface area contributed by atoms with E-state index < -0.39 is 20.0 Å². The molecule has 1 aromatic heterocycles. The van der Waals surface area contributed by atoms with Gasteiger partial charge in [0, 0.05) is 24.7 Å². The SMILES string of the molecule is CC(C)CN1CC(NCC2CC2)c2cc(S(N)(=O)=O)sc2S1(=O)=O. The van der Waals surface area contributed by atoms with Crippen molar-refractivity contribution >= 4 is 31.4 Å². The van der Waals surface area contributed by atoms with Crippen molar-refractivity contribution in [2.75, 3.05) is 19.6 Å². The Morgan fingerprint density at radius 2 is 2.08 bits per heavy atom. The minimum absolute atomic E-state index is 0.0966. The van der Waals surface area contributed by atoms with Crippen LogP contribution in [0.1, 0.15) is 38.3 Å². The molecule has 24 heavy (non-hydrogen) atoms. The first kappa shape index (κ1) is 18.3. The summed E-state index contributed by atoms with van der Waals surface area (Å²) in [7, 11) is -7.60. The largest absolute Gasteiger partial charge is 0.308 e. The highest BCUT2D eigenvalue weighted by molar-refractivity contribution is 7.94. The van der Waals surface area contributed by atoms with E-state index in [-0.39, 0.29) is 20.4 Å². The standard InChI is InChI=1S/C14H23N3O4S3/c1-9(2)7-17-8-12(16-6-10-3-4-10)11-5-13(23(15,18)19)22-14(11)24(17,20)21/h5,9-10,12,16H,3-4,6-8H2,1-2H3,(H2,15,18,19). The zero-order valence-electron chi connectivity index (χ0n) is 13.7. The van der Waals surface area contributed by atoms with Crippen LogP contribution in [-0.2, 0) is 20.0 Å². The number of sulfonamides is 2. The number of primary sulfonamides is 1. The lowest BCUT2D eigenvalue weighted by Gasteiger charge is -2.33. The summed E-state index contributed by atoms with van der Waals surface area (Å²) in [4.78, 5) is 0. The maximum Gasteiger partial charge on any atom is 0.253 e. The Labute approximate surface area is 147 Å². The van der Waals surface area contributed by atoms with Gasteiger partial charge < -0.3 is 5.32 Å². The van der Waals surface area contributed by atoms with E-state index in [2.05, 4.69) is 5.32 Å². The lowest BCUT2D eigenvalue weighted by molar-refractivity contribution is 0.313. The third-order valence-corrected chi connectivity index (χ3v) is 9.17. The molecule has 3 rings (SSSR count). The van der Waals surface area contributed by atoms with Crippen LogP contribution in [0.2, 0.25) is 0 Å². The Morgan fingerprint density at radius 1 is 1.42 bits per heavy atom. The van der Waals surface area contributed by atoms with Crippen molar-refractivity contribution in [1.29, 1.82) is 0 Å². The number of nitrogens with zero attached hydrogens (tertiary/aromatic N) is 1. The van der Waals surface area contributed by atoms with Gasteiger partial charge in [-0.05, 0) is 37.3 Å². The van der Waals surface area contributed by atoms with Crippen LogP contribution in [0.15, 0.2) is 14.5 Å². The maximum atomic E-state index is 12.8. The van der Waals surface area contributed by atoms with E-state index in [0.29, 0.717) is 24.6 Å². The molecule has 1 unspecified atom stereocenters.